The Labute approximate surface area is 117 Å². The Morgan fingerprint density at radius 1 is 1.11 bits per heavy atom. The summed E-state index contributed by atoms with van der Waals surface area (Å²) in [6.45, 7) is 11.4. The Morgan fingerprint density at radius 3 is 2.21 bits per heavy atom. The predicted octanol–water partition coefficient (Wildman–Crippen LogP) is 4.72. The summed E-state index contributed by atoms with van der Waals surface area (Å²) in [4.78, 5) is 0. The van der Waals surface area contributed by atoms with Gasteiger partial charge in [-0.2, -0.15) is 0 Å². The van der Waals surface area contributed by atoms with E-state index < -0.39 is 0 Å². The number of phenolic OH excluding ortho intramolecular Hbond substituents is 1. The van der Waals surface area contributed by atoms with Crippen molar-refractivity contribution in [2.24, 2.45) is 10.8 Å². The molecule has 1 fully saturated rings. The summed E-state index contributed by atoms with van der Waals surface area (Å²) in [5.41, 5.74) is 2.84. The van der Waals surface area contributed by atoms with E-state index in [2.05, 4.69) is 33.0 Å². The first-order valence-electron chi connectivity index (χ1n) is 7.23. The molecule has 2 heteroatoms. The zero-order chi connectivity index (χ0) is 14.3. The minimum atomic E-state index is 0.370. The molecule has 0 aromatic heterocycles. The maximum absolute atomic E-state index is 9.59. The van der Waals surface area contributed by atoms with Crippen LogP contribution in [0.2, 0.25) is 0 Å². The van der Waals surface area contributed by atoms with Gasteiger partial charge in [0.1, 0.15) is 5.75 Å². The average Bonchev–Trinajstić information content (AvgIpc) is 2.18. The average molecular weight is 261 g/mol. The third kappa shape index (κ3) is 3.65. The molecule has 0 aliphatic heterocycles. The second-order valence-corrected chi connectivity index (χ2v) is 7.76. The summed E-state index contributed by atoms with van der Waals surface area (Å²) in [6.07, 6.45) is 3.69. The zero-order valence-corrected chi connectivity index (χ0v) is 12.9. The third-order valence-corrected chi connectivity index (χ3v) is 4.12. The van der Waals surface area contributed by atoms with E-state index in [-0.39, 0.29) is 0 Å². The third-order valence-electron chi connectivity index (χ3n) is 4.12. The molecule has 2 rings (SSSR count). The Hall–Kier alpha value is -1.18. The highest BCUT2D eigenvalue weighted by Gasteiger charge is 2.38. The lowest BCUT2D eigenvalue weighted by Crippen LogP contribution is -2.40. The van der Waals surface area contributed by atoms with Crippen molar-refractivity contribution in [2.75, 3.05) is 5.32 Å². The van der Waals surface area contributed by atoms with Crippen LogP contribution in [0.1, 0.15) is 52.5 Å². The van der Waals surface area contributed by atoms with Gasteiger partial charge in [0.15, 0.2) is 0 Å². The van der Waals surface area contributed by atoms with E-state index in [0.29, 0.717) is 22.6 Å². The number of anilines is 1. The summed E-state index contributed by atoms with van der Waals surface area (Å²) < 4.78 is 0. The quantitative estimate of drug-likeness (QED) is 0.755. The molecular formula is C17H27NO. The molecule has 1 aliphatic carbocycles. The van der Waals surface area contributed by atoms with Gasteiger partial charge < -0.3 is 10.4 Å². The summed E-state index contributed by atoms with van der Waals surface area (Å²) in [5.74, 6) is 0.370. The van der Waals surface area contributed by atoms with Crippen molar-refractivity contribution in [2.45, 2.75) is 59.9 Å². The number of benzene rings is 1. The van der Waals surface area contributed by atoms with Crippen LogP contribution >= 0.6 is 0 Å². The number of hydrogen-bond donors (Lipinski definition) is 2. The van der Waals surface area contributed by atoms with E-state index in [0.717, 1.165) is 11.3 Å². The van der Waals surface area contributed by atoms with Crippen LogP contribution in [0, 0.1) is 17.8 Å². The monoisotopic (exact) mass is 261 g/mol. The van der Waals surface area contributed by atoms with Gasteiger partial charge in [-0.15, -0.1) is 0 Å². The molecule has 0 saturated heterocycles. The molecule has 0 radical (unpaired) electrons. The van der Waals surface area contributed by atoms with Gasteiger partial charge in [0, 0.05) is 11.7 Å². The van der Waals surface area contributed by atoms with Gasteiger partial charge in [-0.05, 0) is 60.8 Å². The Morgan fingerprint density at radius 2 is 1.68 bits per heavy atom. The second-order valence-electron chi connectivity index (χ2n) is 7.76. The number of phenols is 1. The van der Waals surface area contributed by atoms with Gasteiger partial charge in [0.25, 0.3) is 0 Å². The van der Waals surface area contributed by atoms with Crippen LogP contribution in [-0.4, -0.2) is 11.1 Å². The van der Waals surface area contributed by atoms with Crippen molar-refractivity contribution in [1.82, 2.24) is 0 Å². The van der Waals surface area contributed by atoms with Gasteiger partial charge in [0.2, 0.25) is 0 Å². The van der Waals surface area contributed by atoms with E-state index in [1.54, 1.807) is 6.07 Å². The number of aryl methyl sites for hydroxylation is 1. The van der Waals surface area contributed by atoms with Crippen LogP contribution in [0.3, 0.4) is 0 Å². The number of rotatable bonds is 2. The van der Waals surface area contributed by atoms with E-state index in [4.69, 9.17) is 0 Å². The van der Waals surface area contributed by atoms with E-state index >= 15 is 0 Å². The summed E-state index contributed by atoms with van der Waals surface area (Å²) in [6, 6.07) is 6.29. The molecule has 2 nitrogen and oxygen atoms in total. The van der Waals surface area contributed by atoms with Crippen LogP contribution in [0.25, 0.3) is 0 Å². The molecule has 1 aliphatic rings. The van der Waals surface area contributed by atoms with Crippen molar-refractivity contribution >= 4 is 5.69 Å². The minimum absolute atomic E-state index is 0.370. The number of aromatic hydroxyl groups is 1. The molecule has 0 spiro atoms. The van der Waals surface area contributed by atoms with E-state index in [9.17, 15) is 5.11 Å². The smallest absolute Gasteiger partial charge is 0.118 e. The summed E-state index contributed by atoms with van der Waals surface area (Å²) in [5, 5.41) is 13.2. The second kappa shape index (κ2) is 4.73. The van der Waals surface area contributed by atoms with Crippen LogP contribution in [0.4, 0.5) is 5.69 Å². The van der Waals surface area contributed by atoms with Gasteiger partial charge in [-0.25, -0.2) is 0 Å². The Kier molecular flexibility index (Phi) is 3.55. The molecule has 0 atom stereocenters. The molecule has 0 unspecified atom stereocenters. The number of nitrogens with one attached hydrogen (secondary N) is 1. The predicted molar refractivity (Wildman–Crippen MR) is 81.7 cm³/mol. The largest absolute Gasteiger partial charge is 0.508 e. The molecule has 0 heterocycles. The Bertz CT molecular complexity index is 446. The molecule has 19 heavy (non-hydrogen) atoms. The SMILES string of the molecule is Cc1cc(NC2CC(C)(C)CC(C)(C)C2)ccc1O. The fourth-order valence-corrected chi connectivity index (χ4v) is 3.93. The van der Waals surface area contributed by atoms with Crippen molar-refractivity contribution in [3.8, 4) is 5.75 Å². The molecule has 1 saturated carbocycles. The first-order valence-corrected chi connectivity index (χ1v) is 7.23. The normalized spacial score (nSPS) is 22.2. The molecule has 1 aromatic carbocycles. The molecule has 106 valence electrons. The molecule has 1 aromatic rings. The fraction of sp³-hybridized carbons (Fsp3) is 0.647. The highest BCUT2D eigenvalue weighted by molar-refractivity contribution is 5.51. The maximum Gasteiger partial charge on any atom is 0.118 e. The standard InChI is InChI=1S/C17H27NO/c1-12-8-13(6-7-15(12)19)18-14-9-16(2,3)11-17(4,5)10-14/h6-8,14,18-19H,9-11H2,1-5H3. The highest BCUT2D eigenvalue weighted by Crippen LogP contribution is 2.46. The Balaban J connectivity index is 2.11. The fourth-order valence-electron chi connectivity index (χ4n) is 3.93. The summed E-state index contributed by atoms with van der Waals surface area (Å²) >= 11 is 0. The van der Waals surface area contributed by atoms with E-state index in [1.807, 2.05) is 19.1 Å². The van der Waals surface area contributed by atoms with Gasteiger partial charge >= 0.3 is 0 Å². The maximum atomic E-state index is 9.59. The zero-order valence-electron chi connectivity index (χ0n) is 12.9. The lowest BCUT2D eigenvalue weighted by molar-refractivity contribution is 0.105. The minimum Gasteiger partial charge on any atom is -0.508 e. The van der Waals surface area contributed by atoms with Crippen LogP contribution in [-0.2, 0) is 0 Å². The topological polar surface area (TPSA) is 32.3 Å². The van der Waals surface area contributed by atoms with Gasteiger partial charge in [0.05, 0.1) is 0 Å². The number of hydrogen-bond acceptors (Lipinski definition) is 2. The lowest BCUT2D eigenvalue weighted by Gasteiger charge is -2.45. The van der Waals surface area contributed by atoms with Crippen molar-refractivity contribution in [3.05, 3.63) is 23.8 Å². The van der Waals surface area contributed by atoms with Crippen molar-refractivity contribution < 1.29 is 5.11 Å². The first-order chi connectivity index (χ1) is 8.67. The molecule has 0 amide bonds. The van der Waals surface area contributed by atoms with Gasteiger partial charge in [-0.1, -0.05) is 27.7 Å². The van der Waals surface area contributed by atoms with Crippen LogP contribution < -0.4 is 5.32 Å². The molecule has 0 bridgehead atoms. The van der Waals surface area contributed by atoms with Crippen molar-refractivity contribution in [1.29, 1.82) is 0 Å². The first kappa shape index (κ1) is 14.2. The lowest BCUT2D eigenvalue weighted by atomic mass is 9.63. The van der Waals surface area contributed by atoms with Crippen LogP contribution in [0.5, 0.6) is 5.75 Å². The van der Waals surface area contributed by atoms with Gasteiger partial charge in [-0.3, -0.25) is 0 Å². The molecular weight excluding hydrogens is 234 g/mol. The van der Waals surface area contributed by atoms with Crippen LogP contribution in [0.15, 0.2) is 18.2 Å². The highest BCUT2D eigenvalue weighted by atomic mass is 16.3. The van der Waals surface area contributed by atoms with E-state index in [1.165, 1.54) is 19.3 Å². The van der Waals surface area contributed by atoms with Crippen molar-refractivity contribution in [3.63, 3.8) is 0 Å². The molecule has 2 N–H and O–H groups in total. The summed E-state index contributed by atoms with van der Waals surface area (Å²) in [7, 11) is 0.